The van der Waals surface area contributed by atoms with Gasteiger partial charge in [0, 0.05) is 11.1 Å². The van der Waals surface area contributed by atoms with E-state index in [4.69, 9.17) is 0 Å². The molecule has 6 heteroatoms. The lowest BCUT2D eigenvalue weighted by Gasteiger charge is -2.08. The quantitative estimate of drug-likeness (QED) is 0.503. The minimum atomic E-state index is -3.51. The van der Waals surface area contributed by atoms with Crippen LogP contribution in [0, 0.1) is 0 Å². The first-order valence-corrected chi connectivity index (χ1v) is 10.5. The van der Waals surface area contributed by atoms with E-state index in [2.05, 4.69) is 14.9 Å². The number of benzene rings is 3. The molecule has 1 heterocycles. The van der Waals surface area contributed by atoms with Crippen LogP contribution in [0.2, 0.25) is 0 Å². The Balaban J connectivity index is 1.58. The molecular weight excluding hydrogens is 370 g/mol. The molecule has 0 bridgehead atoms. The Kier molecular flexibility index (Phi) is 4.95. The van der Waals surface area contributed by atoms with Gasteiger partial charge in [0.2, 0.25) is 10.0 Å². The van der Waals surface area contributed by atoms with Crippen molar-refractivity contribution in [3.05, 3.63) is 95.7 Å². The molecular formula is C22H19N3O2S. The predicted molar refractivity (Wildman–Crippen MR) is 114 cm³/mol. The van der Waals surface area contributed by atoms with E-state index in [9.17, 15) is 8.42 Å². The average molecular weight is 389 g/mol. The summed E-state index contributed by atoms with van der Waals surface area (Å²) >= 11 is 0. The molecule has 0 atom stereocenters. The molecule has 0 aliphatic carbocycles. The van der Waals surface area contributed by atoms with E-state index in [-0.39, 0.29) is 5.75 Å². The van der Waals surface area contributed by atoms with Gasteiger partial charge in [-0.15, -0.1) is 0 Å². The largest absolute Gasteiger partial charge is 0.283 e. The Bertz CT molecular complexity index is 1210. The van der Waals surface area contributed by atoms with Crippen molar-refractivity contribution in [3.63, 3.8) is 0 Å². The Morgan fingerprint density at radius 3 is 2.36 bits per heavy atom. The third-order valence-electron chi connectivity index (χ3n) is 4.30. The van der Waals surface area contributed by atoms with Crippen molar-refractivity contribution in [2.24, 2.45) is 0 Å². The van der Waals surface area contributed by atoms with Gasteiger partial charge in [0.1, 0.15) is 0 Å². The number of hydrogen-bond acceptors (Lipinski definition) is 3. The Morgan fingerprint density at radius 1 is 0.893 bits per heavy atom. The highest BCUT2D eigenvalue weighted by Gasteiger charge is 2.13. The maximum absolute atomic E-state index is 12.5. The number of fused-ring (bicyclic) bond motifs is 1. The molecule has 0 aliphatic heterocycles. The van der Waals surface area contributed by atoms with Crippen LogP contribution < -0.4 is 4.72 Å². The molecule has 0 spiro atoms. The van der Waals surface area contributed by atoms with E-state index in [1.807, 2.05) is 66.7 Å². The van der Waals surface area contributed by atoms with Crippen molar-refractivity contribution < 1.29 is 8.42 Å². The number of nitrogens with one attached hydrogen (secondary N) is 2. The summed E-state index contributed by atoms with van der Waals surface area (Å²) in [6.45, 7) is 0. The highest BCUT2D eigenvalue weighted by molar-refractivity contribution is 7.91. The van der Waals surface area contributed by atoms with Gasteiger partial charge in [-0.05, 0) is 35.4 Å². The molecule has 0 fully saturated rings. The Morgan fingerprint density at radius 2 is 1.61 bits per heavy atom. The highest BCUT2D eigenvalue weighted by atomic mass is 32.2. The fraction of sp³-hybridized carbons (Fsp3) is 0.0455. The van der Waals surface area contributed by atoms with Crippen LogP contribution in [0.15, 0.2) is 78.9 Å². The number of H-pyrrole nitrogens is 1. The van der Waals surface area contributed by atoms with E-state index in [1.165, 1.54) is 0 Å². The van der Waals surface area contributed by atoms with Gasteiger partial charge >= 0.3 is 0 Å². The summed E-state index contributed by atoms with van der Waals surface area (Å²) < 4.78 is 27.6. The number of nitrogens with zero attached hydrogens (tertiary/aromatic N) is 1. The van der Waals surface area contributed by atoms with E-state index < -0.39 is 10.0 Å². The molecule has 5 nitrogen and oxygen atoms in total. The second-order valence-electron chi connectivity index (χ2n) is 6.46. The number of aromatic nitrogens is 2. The average Bonchev–Trinajstić information content (AvgIpc) is 3.09. The topological polar surface area (TPSA) is 74.8 Å². The number of sulfonamides is 1. The smallest absolute Gasteiger partial charge is 0.236 e. The minimum absolute atomic E-state index is 0.0714. The number of hydrogen-bond donors (Lipinski definition) is 2. The lowest BCUT2D eigenvalue weighted by Crippen LogP contribution is -2.14. The summed E-state index contributed by atoms with van der Waals surface area (Å²) in [5.74, 6) is -0.0714. The van der Waals surface area contributed by atoms with Gasteiger partial charge in [-0.3, -0.25) is 9.82 Å². The van der Waals surface area contributed by atoms with Crippen molar-refractivity contribution in [3.8, 4) is 0 Å². The lowest BCUT2D eigenvalue weighted by molar-refractivity contribution is 0.600. The van der Waals surface area contributed by atoms with Gasteiger partial charge in [-0.25, -0.2) is 8.42 Å². The Hall–Kier alpha value is -3.38. The van der Waals surface area contributed by atoms with E-state index in [0.717, 1.165) is 27.7 Å². The third kappa shape index (κ3) is 4.29. The van der Waals surface area contributed by atoms with E-state index >= 15 is 0 Å². The van der Waals surface area contributed by atoms with Gasteiger partial charge in [0.05, 0.1) is 17.0 Å². The van der Waals surface area contributed by atoms with Gasteiger partial charge < -0.3 is 0 Å². The zero-order chi connectivity index (χ0) is 19.4. The van der Waals surface area contributed by atoms with Crippen LogP contribution in [0.5, 0.6) is 0 Å². The van der Waals surface area contributed by atoms with Crippen molar-refractivity contribution in [1.82, 2.24) is 10.2 Å². The maximum atomic E-state index is 12.5. The van der Waals surface area contributed by atoms with E-state index in [0.29, 0.717) is 5.69 Å². The molecule has 0 unspecified atom stereocenters. The standard InChI is InChI=1S/C22H19N3O2S/c26-28(27,16-18-9-5-2-6-10-18)25-19-12-14-22-20(15-19)21(23-24-22)13-11-17-7-3-1-4-8-17/h1-15,25H,16H2,(H,23,24)/b13-11+. The third-order valence-corrected chi connectivity index (χ3v) is 5.56. The number of rotatable bonds is 6. The normalized spacial score (nSPS) is 11.9. The number of aromatic amines is 1. The van der Waals surface area contributed by atoms with E-state index in [1.54, 1.807) is 24.3 Å². The van der Waals surface area contributed by atoms with Crippen LogP contribution >= 0.6 is 0 Å². The fourth-order valence-corrected chi connectivity index (χ4v) is 4.16. The first-order chi connectivity index (χ1) is 13.6. The van der Waals surface area contributed by atoms with Crippen LogP contribution in [0.25, 0.3) is 23.1 Å². The SMILES string of the molecule is O=S(=O)(Cc1ccccc1)Nc1ccc2[nH]nc(/C=C/c3ccccc3)c2c1. The van der Waals surface area contributed by atoms with Crippen molar-refractivity contribution in [2.75, 3.05) is 4.72 Å². The zero-order valence-corrected chi connectivity index (χ0v) is 15.9. The van der Waals surface area contributed by atoms with Crippen LogP contribution in [0.4, 0.5) is 5.69 Å². The molecule has 28 heavy (non-hydrogen) atoms. The molecule has 4 rings (SSSR count). The second-order valence-corrected chi connectivity index (χ2v) is 8.18. The molecule has 0 amide bonds. The molecule has 0 saturated carbocycles. The first kappa shape index (κ1) is 18.0. The summed E-state index contributed by atoms with van der Waals surface area (Å²) in [5, 5.41) is 8.16. The molecule has 0 saturated heterocycles. The molecule has 1 aromatic heterocycles. The molecule has 3 aromatic carbocycles. The summed E-state index contributed by atoms with van der Waals surface area (Å²) in [6, 6.07) is 24.4. The van der Waals surface area contributed by atoms with Crippen molar-refractivity contribution in [1.29, 1.82) is 0 Å². The maximum Gasteiger partial charge on any atom is 0.236 e. The molecule has 4 aromatic rings. The van der Waals surface area contributed by atoms with Crippen LogP contribution in [-0.4, -0.2) is 18.6 Å². The molecule has 0 radical (unpaired) electrons. The van der Waals surface area contributed by atoms with Crippen LogP contribution in [-0.2, 0) is 15.8 Å². The monoisotopic (exact) mass is 389 g/mol. The lowest BCUT2D eigenvalue weighted by atomic mass is 10.1. The summed E-state index contributed by atoms with van der Waals surface area (Å²) in [5.41, 5.74) is 3.92. The summed E-state index contributed by atoms with van der Waals surface area (Å²) in [6.07, 6.45) is 3.89. The van der Waals surface area contributed by atoms with Crippen LogP contribution in [0.1, 0.15) is 16.8 Å². The van der Waals surface area contributed by atoms with Crippen molar-refractivity contribution in [2.45, 2.75) is 5.75 Å². The predicted octanol–water partition coefficient (Wildman–Crippen LogP) is 4.68. The molecule has 0 aliphatic rings. The fourth-order valence-electron chi connectivity index (χ4n) is 2.97. The highest BCUT2D eigenvalue weighted by Crippen LogP contribution is 2.23. The summed E-state index contributed by atoms with van der Waals surface area (Å²) in [4.78, 5) is 0. The van der Waals surface area contributed by atoms with Gasteiger partial charge in [0.15, 0.2) is 0 Å². The Labute approximate surface area is 163 Å². The van der Waals surface area contributed by atoms with Gasteiger partial charge in [-0.1, -0.05) is 66.7 Å². The zero-order valence-electron chi connectivity index (χ0n) is 15.0. The van der Waals surface area contributed by atoms with Crippen LogP contribution in [0.3, 0.4) is 0 Å². The molecule has 140 valence electrons. The van der Waals surface area contributed by atoms with Crippen molar-refractivity contribution >= 4 is 38.8 Å². The summed E-state index contributed by atoms with van der Waals surface area (Å²) in [7, 11) is -3.51. The first-order valence-electron chi connectivity index (χ1n) is 8.85. The minimum Gasteiger partial charge on any atom is -0.283 e. The number of anilines is 1. The molecule has 2 N–H and O–H groups in total. The van der Waals surface area contributed by atoms with Gasteiger partial charge in [0.25, 0.3) is 0 Å². The van der Waals surface area contributed by atoms with Gasteiger partial charge in [-0.2, -0.15) is 5.10 Å². The second kappa shape index (κ2) is 7.70.